The van der Waals surface area contributed by atoms with E-state index in [-0.39, 0.29) is 5.56 Å². The van der Waals surface area contributed by atoms with E-state index in [9.17, 15) is 14.0 Å². The van der Waals surface area contributed by atoms with Gasteiger partial charge in [-0.1, -0.05) is 12.1 Å². The van der Waals surface area contributed by atoms with Gasteiger partial charge in [-0.2, -0.15) is 5.26 Å². The summed E-state index contributed by atoms with van der Waals surface area (Å²) in [6.45, 7) is 1.56. The molecule has 2 aromatic rings. The molecule has 0 spiro atoms. The minimum absolute atomic E-state index is 0.152. The van der Waals surface area contributed by atoms with Crippen molar-refractivity contribution in [1.29, 1.82) is 5.26 Å². The lowest BCUT2D eigenvalue weighted by Gasteiger charge is -2.22. The summed E-state index contributed by atoms with van der Waals surface area (Å²) in [6, 6.07) is 9.43. The van der Waals surface area contributed by atoms with E-state index in [1.165, 1.54) is 29.5 Å². The Hall–Kier alpha value is -1.73. The monoisotopic (exact) mass is 263 g/mol. The van der Waals surface area contributed by atoms with Crippen molar-refractivity contribution < 1.29 is 8.78 Å². The van der Waals surface area contributed by atoms with Gasteiger partial charge in [0.25, 0.3) is 0 Å². The highest BCUT2D eigenvalue weighted by molar-refractivity contribution is 7.09. The summed E-state index contributed by atoms with van der Waals surface area (Å²) >= 11 is 1.48. The van der Waals surface area contributed by atoms with Crippen molar-refractivity contribution in [3.63, 3.8) is 0 Å². The molecule has 1 nitrogen and oxygen atoms in total. The van der Waals surface area contributed by atoms with E-state index < -0.39 is 17.0 Å². The molecule has 0 saturated carbocycles. The van der Waals surface area contributed by atoms with Crippen molar-refractivity contribution in [2.45, 2.75) is 18.8 Å². The average Bonchev–Trinajstić information content (AvgIpc) is 2.81. The quantitative estimate of drug-likeness (QED) is 0.819. The number of hydrogen-bond acceptors (Lipinski definition) is 2. The highest BCUT2D eigenvalue weighted by atomic mass is 32.1. The second-order valence-corrected chi connectivity index (χ2v) is 5.33. The maximum absolute atomic E-state index is 13.8. The summed E-state index contributed by atoms with van der Waals surface area (Å²) in [4.78, 5) is 0.932. The molecule has 1 heterocycles. The molecule has 2 rings (SSSR count). The van der Waals surface area contributed by atoms with Gasteiger partial charge in [0, 0.05) is 16.9 Å². The Morgan fingerprint density at radius 3 is 2.39 bits per heavy atom. The largest absolute Gasteiger partial charge is 0.207 e. The zero-order valence-corrected chi connectivity index (χ0v) is 10.6. The van der Waals surface area contributed by atoms with Gasteiger partial charge in [0.05, 0.1) is 11.5 Å². The summed E-state index contributed by atoms with van der Waals surface area (Å²) in [7, 11) is 0. The molecule has 18 heavy (non-hydrogen) atoms. The van der Waals surface area contributed by atoms with Crippen molar-refractivity contribution in [3.05, 3.63) is 57.8 Å². The summed E-state index contributed by atoms with van der Waals surface area (Å²) in [5.41, 5.74) is -1.35. The number of nitriles is 1. The smallest absolute Gasteiger partial charge is 0.130 e. The van der Waals surface area contributed by atoms with Crippen molar-refractivity contribution >= 4 is 11.3 Å². The first-order valence-electron chi connectivity index (χ1n) is 5.45. The molecule has 0 amide bonds. The first-order chi connectivity index (χ1) is 8.57. The van der Waals surface area contributed by atoms with Crippen LogP contribution in [-0.2, 0) is 11.8 Å². The van der Waals surface area contributed by atoms with Crippen molar-refractivity contribution in [3.8, 4) is 6.07 Å². The van der Waals surface area contributed by atoms with E-state index in [4.69, 9.17) is 0 Å². The van der Waals surface area contributed by atoms with Crippen LogP contribution in [0.5, 0.6) is 0 Å². The molecule has 1 aromatic heterocycles. The Kier molecular flexibility index (Phi) is 3.44. The van der Waals surface area contributed by atoms with Gasteiger partial charge in [0.1, 0.15) is 11.6 Å². The van der Waals surface area contributed by atoms with E-state index >= 15 is 0 Å². The normalized spacial score (nSPS) is 13.9. The Bertz CT molecular complexity index is 566. The minimum atomic E-state index is -1.19. The molecule has 0 aliphatic carbocycles. The number of halogens is 2. The number of hydrogen-bond donors (Lipinski definition) is 0. The van der Waals surface area contributed by atoms with Crippen LogP contribution in [0.1, 0.15) is 17.4 Å². The lowest BCUT2D eigenvalue weighted by atomic mass is 9.80. The first-order valence-corrected chi connectivity index (χ1v) is 6.33. The molecular formula is C14H11F2NS. The molecule has 1 atom stereocenters. The third kappa shape index (κ3) is 2.27. The van der Waals surface area contributed by atoms with Crippen molar-refractivity contribution in [1.82, 2.24) is 0 Å². The number of thiophene rings is 1. The molecule has 4 heteroatoms. The number of rotatable bonds is 3. The zero-order valence-electron chi connectivity index (χ0n) is 9.78. The van der Waals surface area contributed by atoms with Crippen LogP contribution < -0.4 is 0 Å². The van der Waals surface area contributed by atoms with Crippen LogP contribution in [0.15, 0.2) is 35.7 Å². The van der Waals surface area contributed by atoms with Crippen LogP contribution in [0.4, 0.5) is 8.78 Å². The van der Waals surface area contributed by atoms with E-state index in [1.807, 2.05) is 23.6 Å². The Morgan fingerprint density at radius 2 is 1.89 bits per heavy atom. The van der Waals surface area contributed by atoms with Gasteiger partial charge in [0.2, 0.25) is 0 Å². The van der Waals surface area contributed by atoms with E-state index in [1.54, 1.807) is 6.92 Å². The fourth-order valence-corrected chi connectivity index (χ4v) is 2.83. The lowest BCUT2D eigenvalue weighted by molar-refractivity contribution is 0.488. The number of nitrogens with zero attached hydrogens (tertiary/aromatic N) is 1. The van der Waals surface area contributed by atoms with Crippen LogP contribution in [0.2, 0.25) is 0 Å². The van der Waals surface area contributed by atoms with E-state index in [0.717, 1.165) is 4.88 Å². The molecule has 0 aliphatic heterocycles. The topological polar surface area (TPSA) is 23.8 Å². The Balaban J connectivity index is 2.47. The van der Waals surface area contributed by atoms with Crippen LogP contribution in [-0.4, -0.2) is 0 Å². The lowest BCUT2D eigenvalue weighted by Crippen LogP contribution is -2.25. The molecular weight excluding hydrogens is 252 g/mol. The molecule has 0 aliphatic rings. The molecule has 1 aromatic carbocycles. The summed E-state index contributed by atoms with van der Waals surface area (Å²) in [6.07, 6.45) is 0.305. The maximum atomic E-state index is 13.8. The fraction of sp³-hybridized carbons (Fsp3) is 0.214. The molecule has 0 N–H and O–H groups in total. The van der Waals surface area contributed by atoms with Crippen LogP contribution >= 0.6 is 11.3 Å². The predicted molar refractivity (Wildman–Crippen MR) is 67.3 cm³/mol. The van der Waals surface area contributed by atoms with Crippen LogP contribution in [0.3, 0.4) is 0 Å². The van der Waals surface area contributed by atoms with Gasteiger partial charge in [-0.15, -0.1) is 11.3 Å². The standard InChI is InChI=1S/C14H11F2NS/c1-14(9-17,8-10-4-3-7-18-10)13-11(15)5-2-6-12(13)16/h2-7H,8H2,1H3. The summed E-state index contributed by atoms with van der Waals surface area (Å²) < 4.78 is 27.5. The average molecular weight is 263 g/mol. The molecule has 1 unspecified atom stereocenters. The molecule has 0 fully saturated rings. The maximum Gasteiger partial charge on any atom is 0.130 e. The Labute approximate surface area is 108 Å². The second kappa shape index (κ2) is 4.87. The SMILES string of the molecule is CC(C#N)(Cc1cccs1)c1c(F)cccc1F. The molecule has 0 saturated heterocycles. The van der Waals surface area contributed by atoms with Gasteiger partial charge in [-0.25, -0.2) is 8.78 Å². The van der Waals surface area contributed by atoms with Crippen LogP contribution in [0.25, 0.3) is 0 Å². The highest BCUT2D eigenvalue weighted by Crippen LogP contribution is 2.32. The third-order valence-corrected chi connectivity index (χ3v) is 3.75. The van der Waals surface area contributed by atoms with Gasteiger partial charge >= 0.3 is 0 Å². The molecule has 92 valence electrons. The van der Waals surface area contributed by atoms with Crippen LogP contribution in [0, 0.1) is 23.0 Å². The van der Waals surface area contributed by atoms with Gasteiger partial charge in [-0.05, 0) is 30.5 Å². The highest BCUT2D eigenvalue weighted by Gasteiger charge is 2.33. The molecule has 0 radical (unpaired) electrons. The third-order valence-electron chi connectivity index (χ3n) is 2.87. The van der Waals surface area contributed by atoms with E-state index in [2.05, 4.69) is 0 Å². The fourth-order valence-electron chi connectivity index (χ4n) is 1.97. The van der Waals surface area contributed by atoms with E-state index in [0.29, 0.717) is 6.42 Å². The summed E-state index contributed by atoms with van der Waals surface area (Å²) in [5, 5.41) is 11.2. The Morgan fingerprint density at radius 1 is 1.22 bits per heavy atom. The zero-order chi connectivity index (χ0) is 13.2. The van der Waals surface area contributed by atoms with Gasteiger partial charge < -0.3 is 0 Å². The van der Waals surface area contributed by atoms with Crippen molar-refractivity contribution in [2.24, 2.45) is 0 Å². The van der Waals surface area contributed by atoms with Gasteiger partial charge in [0.15, 0.2) is 0 Å². The summed E-state index contributed by atoms with van der Waals surface area (Å²) in [5.74, 6) is -1.34. The van der Waals surface area contributed by atoms with Crippen molar-refractivity contribution in [2.75, 3.05) is 0 Å². The molecule has 0 bridgehead atoms. The first kappa shape index (κ1) is 12.7. The predicted octanol–water partition coefficient (Wildman–Crippen LogP) is 4.05. The number of benzene rings is 1. The minimum Gasteiger partial charge on any atom is -0.207 e. The van der Waals surface area contributed by atoms with Gasteiger partial charge in [-0.3, -0.25) is 0 Å². The second-order valence-electron chi connectivity index (χ2n) is 4.30.